The van der Waals surface area contributed by atoms with Crippen molar-refractivity contribution in [3.8, 4) is 0 Å². The Labute approximate surface area is 141 Å². The number of carbonyl (C=O) groups is 2. The fourth-order valence-corrected chi connectivity index (χ4v) is 2.31. The number of nitrogens with one attached hydrogen (secondary N) is 1. The average molecular weight is 326 g/mol. The van der Waals surface area contributed by atoms with Crippen LogP contribution >= 0.6 is 0 Å². The molecule has 0 fully saturated rings. The number of rotatable bonds is 6. The van der Waals surface area contributed by atoms with Gasteiger partial charge in [0.1, 0.15) is 0 Å². The highest BCUT2D eigenvalue weighted by Crippen LogP contribution is 2.17. The Kier molecular flexibility index (Phi) is 5.71. The van der Waals surface area contributed by atoms with Crippen LogP contribution in [0.1, 0.15) is 57.7 Å². The number of carbonyl (C=O) groups excluding carboxylic acids is 1. The number of benzene rings is 2. The molecule has 0 aliphatic carbocycles. The van der Waals surface area contributed by atoms with Crippen LogP contribution in [0.2, 0.25) is 0 Å². The summed E-state index contributed by atoms with van der Waals surface area (Å²) in [6.45, 7) is 4.57. The van der Waals surface area contributed by atoms with Crippen molar-refractivity contribution >= 4 is 11.9 Å². The van der Waals surface area contributed by atoms with Gasteiger partial charge in [0, 0.05) is 18.2 Å². The lowest BCUT2D eigenvalue weighted by Gasteiger charge is -2.14. The van der Waals surface area contributed by atoms with E-state index in [-0.39, 0.29) is 17.5 Å². The monoisotopic (exact) mass is 326 g/mol. The van der Waals surface area contributed by atoms with Crippen molar-refractivity contribution in [2.24, 2.45) is 5.73 Å². The van der Waals surface area contributed by atoms with E-state index in [1.807, 2.05) is 24.3 Å². The molecule has 1 amide bonds. The van der Waals surface area contributed by atoms with Crippen molar-refractivity contribution in [1.82, 2.24) is 5.32 Å². The molecule has 0 heterocycles. The van der Waals surface area contributed by atoms with E-state index in [0.29, 0.717) is 18.0 Å². The summed E-state index contributed by atoms with van der Waals surface area (Å²) in [5, 5.41) is 11.6. The highest BCUT2D eigenvalue weighted by atomic mass is 16.4. The molecular weight excluding hydrogens is 304 g/mol. The number of carboxylic acid groups (broad SMARTS) is 1. The lowest BCUT2D eigenvalue weighted by Crippen LogP contribution is -2.31. The van der Waals surface area contributed by atoms with Crippen molar-refractivity contribution < 1.29 is 14.7 Å². The molecule has 0 aliphatic rings. The minimum atomic E-state index is -1.02. The van der Waals surface area contributed by atoms with Crippen molar-refractivity contribution in [2.45, 2.75) is 25.8 Å². The molecule has 0 radical (unpaired) electrons. The topological polar surface area (TPSA) is 92.4 Å². The van der Waals surface area contributed by atoms with E-state index < -0.39 is 5.97 Å². The van der Waals surface area contributed by atoms with Crippen LogP contribution < -0.4 is 11.1 Å². The van der Waals surface area contributed by atoms with Crippen molar-refractivity contribution in [1.29, 1.82) is 0 Å². The number of hydrogen-bond acceptors (Lipinski definition) is 3. The second-order valence-electron chi connectivity index (χ2n) is 6.02. The van der Waals surface area contributed by atoms with Crippen LogP contribution in [0.25, 0.3) is 0 Å². The first kappa shape index (κ1) is 17.7. The van der Waals surface area contributed by atoms with Gasteiger partial charge in [-0.2, -0.15) is 0 Å². The number of nitrogens with two attached hydrogens (primary N) is 1. The van der Waals surface area contributed by atoms with E-state index in [0.717, 1.165) is 5.56 Å². The zero-order valence-electron chi connectivity index (χ0n) is 13.8. The second kappa shape index (κ2) is 7.75. The van der Waals surface area contributed by atoms with Crippen molar-refractivity contribution in [3.63, 3.8) is 0 Å². The van der Waals surface area contributed by atoms with E-state index in [4.69, 9.17) is 10.8 Å². The Hall–Kier alpha value is -2.66. The molecular formula is C19H22N2O3. The first-order valence-corrected chi connectivity index (χ1v) is 7.85. The van der Waals surface area contributed by atoms with E-state index >= 15 is 0 Å². The van der Waals surface area contributed by atoms with E-state index in [2.05, 4.69) is 19.2 Å². The fraction of sp³-hybridized carbons (Fsp3) is 0.263. The highest BCUT2D eigenvalue weighted by Gasteiger charge is 2.11. The third-order valence-electron chi connectivity index (χ3n) is 3.91. The summed E-state index contributed by atoms with van der Waals surface area (Å²) >= 11 is 0. The summed E-state index contributed by atoms with van der Waals surface area (Å²) in [6, 6.07) is 13.5. The molecule has 2 rings (SSSR count). The SMILES string of the molecule is CC(C)c1ccc([C@H](N)CNC(=O)c2ccc(C(=O)O)cc2)cc1. The maximum absolute atomic E-state index is 12.1. The molecule has 0 aromatic heterocycles. The smallest absolute Gasteiger partial charge is 0.335 e. The fourth-order valence-electron chi connectivity index (χ4n) is 2.31. The maximum Gasteiger partial charge on any atom is 0.335 e. The summed E-state index contributed by atoms with van der Waals surface area (Å²) in [4.78, 5) is 22.9. The van der Waals surface area contributed by atoms with Gasteiger partial charge in [0.05, 0.1) is 5.56 Å². The van der Waals surface area contributed by atoms with Crippen LogP contribution in [0.3, 0.4) is 0 Å². The molecule has 24 heavy (non-hydrogen) atoms. The van der Waals surface area contributed by atoms with Gasteiger partial charge >= 0.3 is 5.97 Å². The van der Waals surface area contributed by atoms with E-state index in [9.17, 15) is 9.59 Å². The molecule has 4 N–H and O–H groups in total. The van der Waals surface area contributed by atoms with Gasteiger partial charge in [0.2, 0.25) is 0 Å². The molecule has 126 valence electrons. The number of carboxylic acids is 1. The second-order valence-corrected chi connectivity index (χ2v) is 6.02. The van der Waals surface area contributed by atoms with Crippen LogP contribution in [0.5, 0.6) is 0 Å². The zero-order valence-corrected chi connectivity index (χ0v) is 13.8. The van der Waals surface area contributed by atoms with E-state index in [1.165, 1.54) is 29.8 Å². The molecule has 0 aliphatic heterocycles. The lowest BCUT2D eigenvalue weighted by atomic mass is 9.99. The Morgan fingerprint density at radius 3 is 1.96 bits per heavy atom. The predicted octanol–water partition coefficient (Wildman–Crippen LogP) is 2.94. The van der Waals surface area contributed by atoms with Crippen molar-refractivity contribution in [3.05, 3.63) is 70.8 Å². The molecule has 2 aromatic carbocycles. The molecule has 5 nitrogen and oxygen atoms in total. The van der Waals surface area contributed by atoms with Crippen LogP contribution in [0, 0.1) is 0 Å². The first-order valence-electron chi connectivity index (χ1n) is 7.85. The van der Waals surface area contributed by atoms with Gasteiger partial charge in [-0.15, -0.1) is 0 Å². The minimum absolute atomic E-state index is 0.147. The van der Waals surface area contributed by atoms with Gasteiger partial charge in [-0.1, -0.05) is 38.1 Å². The molecule has 0 saturated carbocycles. The van der Waals surface area contributed by atoms with Crippen LogP contribution in [-0.4, -0.2) is 23.5 Å². The Morgan fingerprint density at radius 2 is 1.46 bits per heavy atom. The van der Waals surface area contributed by atoms with Crippen LogP contribution in [0.4, 0.5) is 0 Å². The number of hydrogen-bond donors (Lipinski definition) is 3. The number of aromatic carboxylic acids is 1. The quantitative estimate of drug-likeness (QED) is 0.761. The summed E-state index contributed by atoms with van der Waals surface area (Å²) in [6.07, 6.45) is 0. The molecule has 0 unspecified atom stereocenters. The third-order valence-corrected chi connectivity index (χ3v) is 3.91. The minimum Gasteiger partial charge on any atom is -0.478 e. The highest BCUT2D eigenvalue weighted by molar-refractivity contribution is 5.95. The molecule has 0 saturated heterocycles. The summed E-state index contributed by atoms with van der Waals surface area (Å²) in [7, 11) is 0. The van der Waals surface area contributed by atoms with Gasteiger partial charge in [0.15, 0.2) is 0 Å². The van der Waals surface area contributed by atoms with Crippen molar-refractivity contribution in [2.75, 3.05) is 6.54 Å². The standard InChI is InChI=1S/C19H22N2O3/c1-12(2)13-3-5-14(6-4-13)17(20)11-21-18(22)15-7-9-16(10-8-15)19(23)24/h3-10,12,17H,11,20H2,1-2H3,(H,21,22)(H,23,24)/t17-/m1/s1. The van der Waals surface area contributed by atoms with E-state index in [1.54, 1.807) is 0 Å². The Morgan fingerprint density at radius 1 is 0.958 bits per heavy atom. The maximum atomic E-state index is 12.1. The molecule has 5 heteroatoms. The van der Waals surface area contributed by atoms with Gasteiger partial charge < -0.3 is 16.2 Å². The van der Waals surface area contributed by atoms with Gasteiger partial charge in [0.25, 0.3) is 5.91 Å². The summed E-state index contributed by atoms with van der Waals surface area (Å²) in [5.74, 6) is -0.834. The Balaban J connectivity index is 1.94. The molecule has 1 atom stereocenters. The Bertz CT molecular complexity index is 706. The third kappa shape index (κ3) is 4.43. The van der Waals surface area contributed by atoms with Gasteiger partial charge in [-0.3, -0.25) is 4.79 Å². The number of amides is 1. The molecule has 2 aromatic rings. The molecule has 0 bridgehead atoms. The summed E-state index contributed by atoms with van der Waals surface area (Å²) < 4.78 is 0. The first-order chi connectivity index (χ1) is 11.4. The largest absolute Gasteiger partial charge is 0.478 e. The van der Waals surface area contributed by atoms with Crippen LogP contribution in [0.15, 0.2) is 48.5 Å². The summed E-state index contributed by atoms with van der Waals surface area (Å²) in [5.41, 5.74) is 8.87. The lowest BCUT2D eigenvalue weighted by molar-refractivity contribution is 0.0696. The predicted molar refractivity (Wildman–Crippen MR) is 93.2 cm³/mol. The van der Waals surface area contributed by atoms with Gasteiger partial charge in [-0.25, -0.2) is 4.79 Å². The zero-order chi connectivity index (χ0) is 17.7. The van der Waals surface area contributed by atoms with Crippen LogP contribution in [-0.2, 0) is 0 Å². The molecule has 0 spiro atoms. The van der Waals surface area contributed by atoms with Gasteiger partial charge in [-0.05, 0) is 41.3 Å². The normalized spacial score (nSPS) is 12.0. The average Bonchev–Trinajstić information content (AvgIpc) is 2.59.